The average Bonchev–Trinajstić information content (AvgIpc) is 2.83. The van der Waals surface area contributed by atoms with E-state index in [1.54, 1.807) is 29.2 Å². The van der Waals surface area contributed by atoms with Crippen molar-refractivity contribution in [2.24, 2.45) is 5.92 Å². The lowest BCUT2D eigenvalue weighted by Gasteiger charge is -2.30. The summed E-state index contributed by atoms with van der Waals surface area (Å²) in [4.78, 5) is 27.3. The number of ether oxygens (including phenoxy) is 3. The normalized spacial score (nSPS) is 16.4. The van der Waals surface area contributed by atoms with Gasteiger partial charge in [0.1, 0.15) is 19.0 Å². The van der Waals surface area contributed by atoms with Crippen LogP contribution in [0.15, 0.2) is 48.5 Å². The van der Waals surface area contributed by atoms with Crippen LogP contribution in [-0.2, 0) is 4.79 Å². The number of likely N-dealkylation sites (tertiary alicyclic amines) is 1. The van der Waals surface area contributed by atoms with Gasteiger partial charge in [0.2, 0.25) is 5.91 Å². The molecule has 0 bridgehead atoms. The molecule has 0 aromatic heterocycles. The van der Waals surface area contributed by atoms with Crippen LogP contribution in [0.1, 0.15) is 35.7 Å². The molecule has 2 heterocycles. The number of hydrogen-bond donors (Lipinski definition) is 0. The van der Waals surface area contributed by atoms with Gasteiger partial charge < -0.3 is 19.1 Å². The van der Waals surface area contributed by atoms with E-state index in [0.29, 0.717) is 62.8 Å². The molecule has 1 amide bonds. The summed E-state index contributed by atoms with van der Waals surface area (Å²) in [6.07, 6.45) is 4.73. The summed E-state index contributed by atoms with van der Waals surface area (Å²) in [6, 6.07) is 13.0. The zero-order valence-electron chi connectivity index (χ0n) is 17.7. The Morgan fingerprint density at radius 3 is 2.45 bits per heavy atom. The van der Waals surface area contributed by atoms with Crippen LogP contribution in [0.5, 0.6) is 17.2 Å². The fraction of sp³-hybridized carbons (Fsp3) is 0.360. The third kappa shape index (κ3) is 5.08. The van der Waals surface area contributed by atoms with Crippen molar-refractivity contribution in [3.63, 3.8) is 0 Å². The fourth-order valence-corrected chi connectivity index (χ4v) is 3.91. The predicted molar refractivity (Wildman–Crippen MR) is 118 cm³/mol. The van der Waals surface area contributed by atoms with Crippen LogP contribution < -0.4 is 14.2 Å². The Kier molecular flexibility index (Phi) is 6.55. The molecule has 162 valence electrons. The average molecular weight is 421 g/mol. The van der Waals surface area contributed by atoms with E-state index >= 15 is 0 Å². The van der Waals surface area contributed by atoms with Crippen molar-refractivity contribution >= 4 is 17.8 Å². The second-order valence-electron chi connectivity index (χ2n) is 7.66. The SMILES string of the molecule is CCOc1ccc(/C=C/C(=O)N2CCC(C(=O)c3ccc4c(c3)OCCO4)CC2)cc1. The minimum atomic E-state index is -0.0818. The molecule has 0 atom stereocenters. The number of piperidine rings is 1. The lowest BCUT2D eigenvalue weighted by Crippen LogP contribution is -2.39. The Morgan fingerprint density at radius 2 is 1.74 bits per heavy atom. The number of carbonyl (C=O) groups is 2. The molecular formula is C25H27NO5. The topological polar surface area (TPSA) is 65.1 Å². The number of fused-ring (bicyclic) bond motifs is 1. The Morgan fingerprint density at radius 1 is 1.03 bits per heavy atom. The summed E-state index contributed by atoms with van der Waals surface area (Å²) in [5.41, 5.74) is 1.59. The van der Waals surface area contributed by atoms with Crippen LogP contribution in [0.3, 0.4) is 0 Å². The lowest BCUT2D eigenvalue weighted by molar-refractivity contribution is -0.127. The fourth-order valence-electron chi connectivity index (χ4n) is 3.91. The predicted octanol–water partition coefficient (Wildman–Crippen LogP) is 3.99. The van der Waals surface area contributed by atoms with Crippen molar-refractivity contribution in [1.29, 1.82) is 0 Å². The Bertz CT molecular complexity index is 958. The maximum absolute atomic E-state index is 12.9. The third-order valence-corrected chi connectivity index (χ3v) is 5.61. The summed E-state index contributed by atoms with van der Waals surface area (Å²) in [7, 11) is 0. The van der Waals surface area contributed by atoms with Gasteiger partial charge in [-0.1, -0.05) is 12.1 Å². The first-order valence-corrected chi connectivity index (χ1v) is 10.8. The molecule has 31 heavy (non-hydrogen) atoms. The van der Waals surface area contributed by atoms with Crippen LogP contribution >= 0.6 is 0 Å². The van der Waals surface area contributed by atoms with E-state index in [9.17, 15) is 9.59 Å². The number of Topliss-reactive ketones (excluding diaryl/α,β-unsaturated/α-hetero) is 1. The summed E-state index contributed by atoms with van der Waals surface area (Å²) in [6.45, 7) is 4.75. The first-order chi connectivity index (χ1) is 15.1. The van der Waals surface area contributed by atoms with Crippen molar-refractivity contribution in [3.8, 4) is 17.2 Å². The first kappa shape index (κ1) is 21.0. The van der Waals surface area contributed by atoms with Gasteiger partial charge in [-0.15, -0.1) is 0 Å². The van der Waals surface area contributed by atoms with Crippen molar-refractivity contribution in [2.75, 3.05) is 32.9 Å². The van der Waals surface area contributed by atoms with Crippen molar-refractivity contribution < 1.29 is 23.8 Å². The molecule has 6 heteroatoms. The summed E-state index contributed by atoms with van der Waals surface area (Å²) >= 11 is 0. The van der Waals surface area contributed by atoms with Gasteiger partial charge >= 0.3 is 0 Å². The van der Waals surface area contributed by atoms with E-state index in [-0.39, 0.29) is 17.6 Å². The van der Waals surface area contributed by atoms with Gasteiger partial charge in [0.05, 0.1) is 6.61 Å². The highest BCUT2D eigenvalue weighted by Gasteiger charge is 2.28. The second kappa shape index (κ2) is 9.69. The number of ketones is 1. The largest absolute Gasteiger partial charge is 0.494 e. The highest BCUT2D eigenvalue weighted by atomic mass is 16.6. The van der Waals surface area contributed by atoms with E-state index in [0.717, 1.165) is 11.3 Å². The molecule has 2 aliphatic heterocycles. The highest BCUT2D eigenvalue weighted by molar-refractivity contribution is 5.99. The van der Waals surface area contributed by atoms with Crippen molar-refractivity contribution in [1.82, 2.24) is 4.90 Å². The number of carbonyl (C=O) groups excluding carboxylic acids is 2. The third-order valence-electron chi connectivity index (χ3n) is 5.61. The number of benzene rings is 2. The van der Waals surface area contributed by atoms with Crippen molar-refractivity contribution in [3.05, 3.63) is 59.7 Å². The van der Waals surface area contributed by atoms with Crippen LogP contribution in [0.25, 0.3) is 6.08 Å². The zero-order chi connectivity index (χ0) is 21.6. The van der Waals surface area contributed by atoms with E-state index in [2.05, 4.69) is 0 Å². The minimum absolute atomic E-state index is 0.0286. The first-order valence-electron chi connectivity index (χ1n) is 10.8. The molecule has 4 rings (SSSR count). The number of amides is 1. The van der Waals surface area contributed by atoms with E-state index in [1.165, 1.54) is 0 Å². The quantitative estimate of drug-likeness (QED) is 0.521. The lowest BCUT2D eigenvalue weighted by atomic mass is 9.88. The Balaban J connectivity index is 1.30. The smallest absolute Gasteiger partial charge is 0.246 e. The number of nitrogens with zero attached hydrogens (tertiary/aromatic N) is 1. The zero-order valence-corrected chi connectivity index (χ0v) is 17.7. The molecule has 0 spiro atoms. The standard InChI is InChI=1S/C25H27NO5/c1-2-29-21-7-3-18(4-8-21)5-10-24(27)26-13-11-19(12-14-26)25(28)20-6-9-22-23(17-20)31-16-15-30-22/h3-10,17,19H,2,11-16H2,1H3/b10-5+. The van der Waals surface area contributed by atoms with Gasteiger partial charge in [0, 0.05) is 30.6 Å². The maximum atomic E-state index is 12.9. The van der Waals surface area contributed by atoms with E-state index in [1.807, 2.05) is 37.3 Å². The summed E-state index contributed by atoms with van der Waals surface area (Å²) in [5.74, 6) is 2.12. The molecule has 0 N–H and O–H groups in total. The molecule has 1 fully saturated rings. The second-order valence-corrected chi connectivity index (χ2v) is 7.66. The van der Waals surface area contributed by atoms with Crippen LogP contribution in [0.4, 0.5) is 0 Å². The van der Waals surface area contributed by atoms with Gasteiger partial charge in [-0.05, 0) is 61.7 Å². The molecular weight excluding hydrogens is 394 g/mol. The summed E-state index contributed by atoms with van der Waals surface area (Å²) < 4.78 is 16.5. The monoisotopic (exact) mass is 421 g/mol. The molecule has 0 aliphatic carbocycles. The molecule has 0 radical (unpaired) electrons. The molecule has 0 saturated carbocycles. The molecule has 2 aliphatic rings. The van der Waals surface area contributed by atoms with Crippen LogP contribution in [0, 0.1) is 5.92 Å². The van der Waals surface area contributed by atoms with Gasteiger partial charge in [-0.3, -0.25) is 9.59 Å². The molecule has 2 aromatic rings. The van der Waals surface area contributed by atoms with E-state index < -0.39 is 0 Å². The number of hydrogen-bond acceptors (Lipinski definition) is 5. The van der Waals surface area contributed by atoms with Crippen LogP contribution in [0.2, 0.25) is 0 Å². The highest BCUT2D eigenvalue weighted by Crippen LogP contribution is 2.32. The van der Waals surface area contributed by atoms with Gasteiger partial charge in [0.25, 0.3) is 0 Å². The van der Waals surface area contributed by atoms with E-state index in [4.69, 9.17) is 14.2 Å². The molecule has 1 saturated heterocycles. The molecule has 6 nitrogen and oxygen atoms in total. The Hall–Kier alpha value is -3.28. The Labute approximate surface area is 182 Å². The molecule has 0 unspecified atom stereocenters. The minimum Gasteiger partial charge on any atom is -0.494 e. The molecule has 2 aromatic carbocycles. The summed E-state index contributed by atoms with van der Waals surface area (Å²) in [5, 5.41) is 0. The van der Waals surface area contributed by atoms with Gasteiger partial charge in [-0.2, -0.15) is 0 Å². The number of rotatable bonds is 6. The van der Waals surface area contributed by atoms with Gasteiger partial charge in [-0.25, -0.2) is 0 Å². The maximum Gasteiger partial charge on any atom is 0.246 e. The van der Waals surface area contributed by atoms with Crippen molar-refractivity contribution in [2.45, 2.75) is 19.8 Å². The van der Waals surface area contributed by atoms with Gasteiger partial charge in [0.15, 0.2) is 17.3 Å². The van der Waals surface area contributed by atoms with Crippen LogP contribution in [-0.4, -0.2) is 49.5 Å².